The molecule has 0 spiro atoms. The number of carboxylic acids is 1. The van der Waals surface area contributed by atoms with E-state index in [2.05, 4.69) is 26.1 Å². The fraction of sp³-hybridized carbons (Fsp3) is 0.846. The molecule has 0 aromatic carbocycles. The molecule has 1 amide bonds. The smallest absolute Gasteiger partial charge is 0.305 e. The molecular formula is C13H25NO3. The van der Waals surface area contributed by atoms with Gasteiger partial charge in [-0.2, -0.15) is 0 Å². The number of carbonyl (C=O) groups excluding carboxylic acids is 1. The van der Waals surface area contributed by atoms with Crippen LogP contribution in [0.15, 0.2) is 0 Å². The SMILES string of the molecule is CC(CC(=O)NC(C)(C)CC(=O)O)C(C)(C)C. The predicted molar refractivity (Wildman–Crippen MR) is 67.7 cm³/mol. The van der Waals surface area contributed by atoms with E-state index in [4.69, 9.17) is 5.11 Å². The van der Waals surface area contributed by atoms with Crippen molar-refractivity contribution in [3.05, 3.63) is 0 Å². The summed E-state index contributed by atoms with van der Waals surface area (Å²) >= 11 is 0. The third-order valence-corrected chi connectivity index (χ3v) is 3.04. The van der Waals surface area contributed by atoms with Crippen molar-refractivity contribution >= 4 is 11.9 Å². The molecule has 0 saturated heterocycles. The van der Waals surface area contributed by atoms with Gasteiger partial charge in [0.15, 0.2) is 0 Å². The molecule has 1 unspecified atom stereocenters. The number of nitrogens with one attached hydrogen (secondary N) is 1. The van der Waals surface area contributed by atoms with Crippen LogP contribution in [0.4, 0.5) is 0 Å². The summed E-state index contributed by atoms with van der Waals surface area (Å²) in [4.78, 5) is 22.4. The molecule has 4 nitrogen and oxygen atoms in total. The molecule has 100 valence electrons. The highest BCUT2D eigenvalue weighted by Crippen LogP contribution is 2.28. The number of hydrogen-bond acceptors (Lipinski definition) is 2. The Kier molecular flexibility index (Phi) is 5.17. The first kappa shape index (κ1) is 15.9. The third-order valence-electron chi connectivity index (χ3n) is 3.04. The second-order valence-electron chi connectivity index (χ2n) is 6.47. The van der Waals surface area contributed by atoms with Gasteiger partial charge in [0, 0.05) is 12.0 Å². The molecule has 0 aliphatic heterocycles. The van der Waals surface area contributed by atoms with Crippen molar-refractivity contribution in [1.29, 1.82) is 0 Å². The quantitative estimate of drug-likeness (QED) is 0.779. The van der Waals surface area contributed by atoms with Crippen LogP contribution < -0.4 is 5.32 Å². The highest BCUT2D eigenvalue weighted by molar-refractivity contribution is 5.78. The predicted octanol–water partition coefficient (Wildman–Crippen LogP) is 2.43. The van der Waals surface area contributed by atoms with E-state index in [0.717, 1.165) is 0 Å². The van der Waals surface area contributed by atoms with Crippen molar-refractivity contribution in [2.75, 3.05) is 0 Å². The molecule has 17 heavy (non-hydrogen) atoms. The van der Waals surface area contributed by atoms with Gasteiger partial charge in [0.2, 0.25) is 5.91 Å². The lowest BCUT2D eigenvalue weighted by atomic mass is 9.80. The summed E-state index contributed by atoms with van der Waals surface area (Å²) in [7, 11) is 0. The fourth-order valence-corrected chi connectivity index (χ4v) is 1.43. The van der Waals surface area contributed by atoms with E-state index >= 15 is 0 Å². The maximum atomic E-state index is 11.8. The first-order chi connectivity index (χ1) is 7.44. The number of aliphatic carboxylic acids is 1. The second kappa shape index (κ2) is 5.52. The molecular weight excluding hydrogens is 218 g/mol. The maximum absolute atomic E-state index is 11.8. The molecule has 0 aliphatic carbocycles. The molecule has 0 radical (unpaired) electrons. The van der Waals surface area contributed by atoms with Gasteiger partial charge in [-0.3, -0.25) is 9.59 Å². The van der Waals surface area contributed by atoms with Crippen LogP contribution in [0.1, 0.15) is 54.4 Å². The van der Waals surface area contributed by atoms with Gasteiger partial charge in [0.1, 0.15) is 0 Å². The zero-order valence-electron chi connectivity index (χ0n) is 11.8. The van der Waals surface area contributed by atoms with Crippen LogP contribution in [-0.2, 0) is 9.59 Å². The summed E-state index contributed by atoms with van der Waals surface area (Å²) < 4.78 is 0. The van der Waals surface area contributed by atoms with E-state index in [1.807, 2.05) is 6.92 Å². The zero-order valence-corrected chi connectivity index (χ0v) is 11.8. The highest BCUT2D eigenvalue weighted by Gasteiger charge is 2.27. The van der Waals surface area contributed by atoms with Crippen LogP contribution in [0.2, 0.25) is 0 Å². The third kappa shape index (κ3) is 6.97. The first-order valence-electron chi connectivity index (χ1n) is 5.97. The van der Waals surface area contributed by atoms with Crippen molar-refractivity contribution in [2.45, 2.75) is 59.9 Å². The molecule has 0 aliphatic rings. The minimum Gasteiger partial charge on any atom is -0.481 e. The standard InChI is InChI=1S/C13H25NO3/c1-9(12(2,3)4)7-10(15)14-13(5,6)8-11(16)17/h9H,7-8H2,1-6H3,(H,14,15)(H,16,17). The Bertz CT molecular complexity index is 290. The van der Waals surface area contributed by atoms with Gasteiger partial charge in [-0.15, -0.1) is 0 Å². The van der Waals surface area contributed by atoms with Crippen molar-refractivity contribution in [3.63, 3.8) is 0 Å². The van der Waals surface area contributed by atoms with E-state index in [-0.39, 0.29) is 23.7 Å². The van der Waals surface area contributed by atoms with Crippen molar-refractivity contribution in [3.8, 4) is 0 Å². The Hall–Kier alpha value is -1.06. The Balaban J connectivity index is 4.32. The fourth-order valence-electron chi connectivity index (χ4n) is 1.43. The molecule has 2 N–H and O–H groups in total. The summed E-state index contributed by atoms with van der Waals surface area (Å²) in [6.45, 7) is 11.7. The van der Waals surface area contributed by atoms with Crippen molar-refractivity contribution in [2.24, 2.45) is 11.3 Å². The summed E-state index contributed by atoms with van der Waals surface area (Å²) in [6.07, 6.45) is 0.356. The topological polar surface area (TPSA) is 66.4 Å². The number of hydrogen-bond donors (Lipinski definition) is 2. The van der Waals surface area contributed by atoms with E-state index in [1.54, 1.807) is 13.8 Å². The Morgan fingerprint density at radius 3 is 2.00 bits per heavy atom. The average Bonchev–Trinajstić information content (AvgIpc) is 1.96. The van der Waals surface area contributed by atoms with E-state index in [9.17, 15) is 9.59 Å². The number of rotatable bonds is 5. The Morgan fingerprint density at radius 2 is 1.65 bits per heavy atom. The molecule has 4 heteroatoms. The molecule has 0 rings (SSSR count). The van der Waals surface area contributed by atoms with Crippen molar-refractivity contribution in [1.82, 2.24) is 5.32 Å². The average molecular weight is 243 g/mol. The number of carbonyl (C=O) groups is 2. The van der Waals surface area contributed by atoms with Gasteiger partial charge in [0.05, 0.1) is 6.42 Å². The maximum Gasteiger partial charge on any atom is 0.305 e. The van der Waals surface area contributed by atoms with E-state index in [1.165, 1.54) is 0 Å². The van der Waals surface area contributed by atoms with Gasteiger partial charge in [0.25, 0.3) is 0 Å². The molecule has 1 atom stereocenters. The summed E-state index contributed by atoms with van der Waals surface area (Å²) in [5, 5.41) is 11.5. The lowest BCUT2D eigenvalue weighted by Gasteiger charge is -2.29. The van der Waals surface area contributed by atoms with Crippen LogP contribution in [0, 0.1) is 11.3 Å². The number of carboxylic acid groups (broad SMARTS) is 1. The Labute approximate surface area is 104 Å². The van der Waals surface area contributed by atoms with Gasteiger partial charge >= 0.3 is 5.97 Å². The van der Waals surface area contributed by atoms with Gasteiger partial charge in [-0.05, 0) is 25.2 Å². The minimum absolute atomic E-state index is 0.0668. The molecule has 0 aromatic rings. The minimum atomic E-state index is -0.904. The Morgan fingerprint density at radius 1 is 1.18 bits per heavy atom. The number of amides is 1. The van der Waals surface area contributed by atoms with Crippen molar-refractivity contribution < 1.29 is 14.7 Å². The van der Waals surface area contributed by atoms with E-state index < -0.39 is 11.5 Å². The zero-order chi connectivity index (χ0) is 13.9. The normalized spacial score (nSPS) is 14.2. The van der Waals surface area contributed by atoms with E-state index in [0.29, 0.717) is 6.42 Å². The van der Waals surface area contributed by atoms with Crippen LogP contribution in [-0.4, -0.2) is 22.5 Å². The molecule has 0 heterocycles. The van der Waals surface area contributed by atoms with Gasteiger partial charge in [-0.25, -0.2) is 0 Å². The van der Waals surface area contributed by atoms with Crippen LogP contribution in [0.5, 0.6) is 0 Å². The lowest BCUT2D eigenvalue weighted by molar-refractivity contribution is -0.138. The molecule has 0 aromatic heterocycles. The molecule has 0 saturated carbocycles. The summed E-state index contributed by atoms with van der Waals surface area (Å²) in [6, 6.07) is 0. The first-order valence-corrected chi connectivity index (χ1v) is 5.97. The lowest BCUT2D eigenvalue weighted by Crippen LogP contribution is -2.45. The monoisotopic (exact) mass is 243 g/mol. The summed E-state index contributed by atoms with van der Waals surface area (Å²) in [5.41, 5.74) is -0.616. The molecule has 0 bridgehead atoms. The highest BCUT2D eigenvalue weighted by atomic mass is 16.4. The largest absolute Gasteiger partial charge is 0.481 e. The summed E-state index contributed by atoms with van der Waals surface area (Å²) in [5.74, 6) is -0.735. The van der Waals surface area contributed by atoms with Crippen LogP contribution in [0.25, 0.3) is 0 Å². The van der Waals surface area contributed by atoms with Crippen LogP contribution >= 0.6 is 0 Å². The van der Waals surface area contributed by atoms with Crippen LogP contribution in [0.3, 0.4) is 0 Å². The van der Waals surface area contributed by atoms with Gasteiger partial charge < -0.3 is 10.4 Å². The second-order valence-corrected chi connectivity index (χ2v) is 6.47. The van der Waals surface area contributed by atoms with Gasteiger partial charge in [-0.1, -0.05) is 27.7 Å². The molecule has 0 fully saturated rings.